The molecule has 0 bridgehead atoms. The van der Waals surface area contributed by atoms with E-state index in [-0.39, 0.29) is 0 Å². The smallest absolute Gasteiger partial charge is 0.240 e. The predicted molar refractivity (Wildman–Crippen MR) is 82.3 cm³/mol. The van der Waals surface area contributed by atoms with Crippen LogP contribution in [0.3, 0.4) is 0 Å². The molecule has 0 spiro atoms. The minimum atomic E-state index is -0.513. The number of oxime groups is 2. The third kappa shape index (κ3) is 3.75. The highest BCUT2D eigenvalue weighted by atomic mass is 16.5. The first-order valence-corrected chi connectivity index (χ1v) is 7.68. The van der Waals surface area contributed by atoms with Crippen molar-refractivity contribution in [2.24, 2.45) is 10.3 Å². The first-order chi connectivity index (χ1) is 10.7. The van der Waals surface area contributed by atoms with Crippen molar-refractivity contribution in [2.75, 3.05) is 0 Å². The van der Waals surface area contributed by atoms with Gasteiger partial charge in [-0.3, -0.25) is 0 Å². The maximum absolute atomic E-state index is 12.1. The molecular weight excluding hydrogens is 288 g/mol. The molecule has 2 aliphatic rings. The van der Waals surface area contributed by atoms with Crippen molar-refractivity contribution < 1.29 is 19.9 Å². The van der Waals surface area contributed by atoms with Crippen LogP contribution in [0.25, 0.3) is 0 Å². The summed E-state index contributed by atoms with van der Waals surface area (Å²) in [5, 5.41) is 48.5. The summed E-state index contributed by atoms with van der Waals surface area (Å²) in [5.41, 5.74) is 0.914. The summed E-state index contributed by atoms with van der Waals surface area (Å²) in [4.78, 5) is 0. The fourth-order valence-corrected chi connectivity index (χ4v) is 3.07. The molecule has 2 fully saturated rings. The Bertz CT molecular complexity index is 467. The van der Waals surface area contributed by atoms with E-state index in [0.717, 1.165) is 38.1 Å². The first-order valence-electron chi connectivity index (χ1n) is 7.68. The van der Waals surface area contributed by atoms with Gasteiger partial charge in [-0.1, -0.05) is 10.3 Å². The van der Waals surface area contributed by atoms with Crippen molar-refractivity contribution in [1.82, 2.24) is 0 Å². The Labute approximate surface area is 128 Å². The van der Waals surface area contributed by atoms with Crippen molar-refractivity contribution in [2.45, 2.75) is 63.5 Å². The van der Waals surface area contributed by atoms with E-state index in [0.29, 0.717) is 46.6 Å². The number of nitrogens with zero attached hydrogens (tertiary/aromatic N) is 4. The monoisotopic (exact) mass is 310 g/mol. The van der Waals surface area contributed by atoms with E-state index >= 15 is 0 Å². The predicted octanol–water partition coefficient (Wildman–Crippen LogP) is 1.69. The second-order valence-electron chi connectivity index (χ2n) is 5.72. The SMILES string of the molecule is [O-][N+](=CC=[N+]([O-])C1CCCCC1=NO)C1CCCCC1=NO. The molecule has 0 aromatic carbocycles. The van der Waals surface area contributed by atoms with Gasteiger partial charge in [0, 0.05) is 12.8 Å². The number of hydroxylamine groups is 2. The molecule has 0 heterocycles. The minimum Gasteiger partial charge on any atom is -0.623 e. The summed E-state index contributed by atoms with van der Waals surface area (Å²) in [7, 11) is 0. The zero-order valence-corrected chi connectivity index (χ0v) is 12.5. The molecule has 0 radical (unpaired) electrons. The number of hydrogen-bond donors (Lipinski definition) is 2. The lowest BCUT2D eigenvalue weighted by Crippen LogP contribution is -2.37. The molecule has 8 heteroatoms. The Morgan fingerprint density at radius 1 is 0.818 bits per heavy atom. The maximum Gasteiger partial charge on any atom is 0.240 e. The Morgan fingerprint density at radius 3 is 1.59 bits per heavy atom. The van der Waals surface area contributed by atoms with Crippen molar-refractivity contribution in [1.29, 1.82) is 0 Å². The standard InChI is InChI=1S/C14H22N4O4/c19-15-11-5-1-3-7-13(11)17(21)9-10-18(22)14-8-4-2-6-12(14)16-20/h9-10,13-14,19-20H,1-8H2. The summed E-state index contributed by atoms with van der Waals surface area (Å²) in [6.45, 7) is 0. The molecule has 8 nitrogen and oxygen atoms in total. The van der Waals surface area contributed by atoms with Gasteiger partial charge in [0.25, 0.3) is 0 Å². The van der Waals surface area contributed by atoms with Gasteiger partial charge in [-0.2, -0.15) is 9.48 Å². The zero-order valence-electron chi connectivity index (χ0n) is 12.5. The molecule has 2 unspecified atom stereocenters. The van der Waals surface area contributed by atoms with Crippen LogP contribution in [0.4, 0.5) is 0 Å². The molecule has 0 aromatic rings. The van der Waals surface area contributed by atoms with Gasteiger partial charge >= 0.3 is 0 Å². The molecular formula is C14H22N4O4. The van der Waals surface area contributed by atoms with Crippen LogP contribution in [0.5, 0.6) is 0 Å². The summed E-state index contributed by atoms with van der Waals surface area (Å²) < 4.78 is 1.33. The number of rotatable bonds is 3. The highest BCUT2D eigenvalue weighted by Crippen LogP contribution is 2.19. The molecule has 0 aromatic heterocycles. The molecule has 2 saturated carbocycles. The van der Waals surface area contributed by atoms with Gasteiger partial charge < -0.3 is 20.8 Å². The molecule has 0 aliphatic heterocycles. The molecule has 122 valence electrons. The van der Waals surface area contributed by atoms with Crippen LogP contribution in [-0.4, -0.2) is 55.8 Å². The van der Waals surface area contributed by atoms with Gasteiger partial charge in [-0.15, -0.1) is 0 Å². The van der Waals surface area contributed by atoms with E-state index < -0.39 is 12.1 Å². The van der Waals surface area contributed by atoms with Crippen LogP contribution in [0.15, 0.2) is 10.3 Å². The fourth-order valence-electron chi connectivity index (χ4n) is 3.07. The Kier molecular flexibility index (Phi) is 5.74. The summed E-state index contributed by atoms with van der Waals surface area (Å²) >= 11 is 0. The summed E-state index contributed by atoms with van der Waals surface area (Å²) in [6, 6.07) is -1.03. The largest absolute Gasteiger partial charge is 0.623 e. The molecule has 0 amide bonds. The molecule has 0 saturated heterocycles. The lowest BCUT2D eigenvalue weighted by molar-refractivity contribution is -0.490. The third-order valence-electron chi connectivity index (χ3n) is 4.32. The lowest BCUT2D eigenvalue weighted by Gasteiger charge is -2.22. The lowest BCUT2D eigenvalue weighted by atomic mass is 9.93. The van der Waals surface area contributed by atoms with Crippen molar-refractivity contribution in [3.63, 3.8) is 0 Å². The van der Waals surface area contributed by atoms with Gasteiger partial charge in [-0.25, -0.2) is 0 Å². The van der Waals surface area contributed by atoms with Crippen molar-refractivity contribution in [3.05, 3.63) is 10.4 Å². The van der Waals surface area contributed by atoms with Crippen molar-refractivity contribution >= 4 is 23.9 Å². The minimum absolute atomic E-state index is 0.457. The van der Waals surface area contributed by atoms with E-state index in [1.54, 1.807) is 0 Å². The quantitative estimate of drug-likeness (QED) is 0.271. The topological polar surface area (TPSA) is 117 Å². The van der Waals surface area contributed by atoms with E-state index in [9.17, 15) is 10.4 Å². The zero-order chi connectivity index (χ0) is 15.9. The highest BCUT2D eigenvalue weighted by molar-refractivity contribution is 6.11. The van der Waals surface area contributed by atoms with Crippen LogP contribution in [0.2, 0.25) is 0 Å². The third-order valence-corrected chi connectivity index (χ3v) is 4.32. The second kappa shape index (κ2) is 7.77. The normalized spacial score (nSPS) is 31.6. The fraction of sp³-hybridized carbons (Fsp3) is 0.714. The maximum atomic E-state index is 12.1. The second-order valence-corrected chi connectivity index (χ2v) is 5.72. The van der Waals surface area contributed by atoms with Crippen LogP contribution in [0.1, 0.15) is 51.4 Å². The van der Waals surface area contributed by atoms with Gasteiger partial charge in [0.05, 0.1) is 0 Å². The van der Waals surface area contributed by atoms with Gasteiger partial charge in [0.2, 0.25) is 24.5 Å². The summed E-state index contributed by atoms with van der Waals surface area (Å²) in [6.07, 6.45) is 8.33. The number of hydrogen-bond acceptors (Lipinski definition) is 6. The Morgan fingerprint density at radius 2 is 1.23 bits per heavy atom. The molecule has 2 rings (SSSR count). The molecule has 2 aliphatic carbocycles. The molecule has 22 heavy (non-hydrogen) atoms. The van der Waals surface area contributed by atoms with E-state index in [1.807, 2.05) is 0 Å². The van der Waals surface area contributed by atoms with Crippen LogP contribution >= 0.6 is 0 Å². The Hall–Kier alpha value is -2.12. The van der Waals surface area contributed by atoms with Crippen LogP contribution in [-0.2, 0) is 0 Å². The van der Waals surface area contributed by atoms with Crippen LogP contribution < -0.4 is 0 Å². The molecule has 2 atom stereocenters. The van der Waals surface area contributed by atoms with Gasteiger partial charge in [0.1, 0.15) is 11.4 Å². The van der Waals surface area contributed by atoms with E-state index in [4.69, 9.17) is 10.4 Å². The van der Waals surface area contributed by atoms with E-state index in [1.165, 1.54) is 0 Å². The average molecular weight is 310 g/mol. The van der Waals surface area contributed by atoms with Crippen molar-refractivity contribution in [3.8, 4) is 0 Å². The highest BCUT2D eigenvalue weighted by Gasteiger charge is 2.29. The molecule has 2 N–H and O–H groups in total. The Balaban J connectivity index is 2.10. The van der Waals surface area contributed by atoms with Gasteiger partial charge in [0.15, 0.2) is 0 Å². The average Bonchev–Trinajstić information content (AvgIpc) is 2.59. The van der Waals surface area contributed by atoms with Gasteiger partial charge in [-0.05, 0) is 38.5 Å². The van der Waals surface area contributed by atoms with Crippen LogP contribution in [0, 0.1) is 10.4 Å². The first kappa shape index (κ1) is 16.3. The summed E-state index contributed by atoms with van der Waals surface area (Å²) in [5.74, 6) is 0. The van der Waals surface area contributed by atoms with E-state index in [2.05, 4.69) is 10.3 Å².